The normalized spacial score (nSPS) is 12.0. The van der Waals surface area contributed by atoms with Crippen LogP contribution in [0.15, 0.2) is 35.3 Å². The predicted molar refractivity (Wildman–Crippen MR) is 109 cm³/mol. The largest absolute Gasteiger partial charge is 0.472 e. The maximum absolute atomic E-state index is 13.6. The average molecular weight is 428 g/mol. The van der Waals surface area contributed by atoms with Crippen molar-refractivity contribution >= 4 is 23.1 Å². The number of pyridine rings is 1. The predicted octanol–water partition coefficient (Wildman–Crippen LogP) is 7.43. The fraction of sp³-hybridized carbons (Fsp3) is 0.476. The van der Waals surface area contributed by atoms with Crippen LogP contribution in [0.1, 0.15) is 57.4 Å². The average Bonchev–Trinajstić information content (AvgIpc) is 3.31. The Morgan fingerprint density at radius 3 is 2.48 bits per heavy atom. The molecular formula is C21H25ClF3N3O. The highest BCUT2D eigenvalue weighted by atomic mass is 35.5. The summed E-state index contributed by atoms with van der Waals surface area (Å²) in [6.45, 7) is 2.80. The Labute approximate surface area is 173 Å². The number of nitrogens with one attached hydrogen (secondary N) is 1. The van der Waals surface area contributed by atoms with Crippen LogP contribution in [0.4, 0.5) is 19.0 Å². The Kier molecular flexibility index (Phi) is 7.11. The van der Waals surface area contributed by atoms with Gasteiger partial charge in [-0.05, 0) is 18.6 Å². The number of alkyl halides is 3. The van der Waals surface area contributed by atoms with Crippen LogP contribution in [-0.2, 0) is 6.18 Å². The van der Waals surface area contributed by atoms with Crippen molar-refractivity contribution in [2.45, 2.75) is 58.0 Å². The van der Waals surface area contributed by atoms with E-state index < -0.39 is 11.7 Å². The van der Waals surface area contributed by atoms with Crippen LogP contribution in [-0.4, -0.2) is 15.9 Å². The van der Waals surface area contributed by atoms with E-state index in [-0.39, 0.29) is 16.6 Å². The van der Waals surface area contributed by atoms with Gasteiger partial charge in [0.25, 0.3) is 0 Å². The van der Waals surface area contributed by atoms with E-state index in [0.29, 0.717) is 17.7 Å². The van der Waals surface area contributed by atoms with Crippen LogP contribution in [0.3, 0.4) is 0 Å². The summed E-state index contributed by atoms with van der Waals surface area (Å²) in [5.41, 5.74) is -0.143. The zero-order valence-electron chi connectivity index (χ0n) is 16.4. The summed E-state index contributed by atoms with van der Waals surface area (Å²) in [4.78, 5) is 4.14. The van der Waals surface area contributed by atoms with Gasteiger partial charge in [-0.2, -0.15) is 13.2 Å². The van der Waals surface area contributed by atoms with Gasteiger partial charge in [0.1, 0.15) is 0 Å². The number of furan rings is 1. The first-order valence-electron chi connectivity index (χ1n) is 9.97. The van der Waals surface area contributed by atoms with Crippen LogP contribution < -0.4 is 5.32 Å². The van der Waals surface area contributed by atoms with Crippen LogP contribution in [0.2, 0.25) is 5.15 Å². The minimum atomic E-state index is -4.55. The molecule has 0 amide bonds. The molecule has 0 saturated carbocycles. The van der Waals surface area contributed by atoms with Crippen molar-refractivity contribution in [3.8, 4) is 11.1 Å². The first kappa shape index (κ1) is 21.6. The highest BCUT2D eigenvalue weighted by Gasteiger charge is 2.35. The van der Waals surface area contributed by atoms with E-state index in [0.717, 1.165) is 25.3 Å². The fourth-order valence-electron chi connectivity index (χ4n) is 3.31. The summed E-state index contributed by atoms with van der Waals surface area (Å²) in [6, 6.07) is 2.68. The molecule has 158 valence electrons. The zero-order valence-corrected chi connectivity index (χ0v) is 17.1. The third-order valence-electron chi connectivity index (χ3n) is 4.89. The number of unbranched alkanes of at least 4 members (excludes halogenated alkanes) is 6. The third-order valence-corrected chi connectivity index (χ3v) is 5.26. The molecule has 0 atom stereocenters. The minimum absolute atomic E-state index is 0.138. The lowest BCUT2D eigenvalue weighted by Crippen LogP contribution is -2.08. The van der Waals surface area contributed by atoms with E-state index in [4.69, 9.17) is 16.0 Å². The van der Waals surface area contributed by atoms with Crippen LogP contribution >= 0.6 is 11.6 Å². The molecule has 3 rings (SSSR count). The maximum atomic E-state index is 13.6. The van der Waals surface area contributed by atoms with Crippen LogP contribution in [0.25, 0.3) is 16.8 Å². The maximum Gasteiger partial charge on any atom is 0.420 e. The Hall–Kier alpha value is -2.15. The molecule has 29 heavy (non-hydrogen) atoms. The monoisotopic (exact) mass is 427 g/mol. The molecule has 0 fully saturated rings. The SMILES string of the molecule is CCCCCCCCCNc1nc2c(C(F)(F)F)cc(-c3ccoc3)cn2c1Cl. The zero-order chi connectivity index (χ0) is 20.9. The molecule has 3 aromatic rings. The number of hydrogen-bond acceptors (Lipinski definition) is 3. The second-order valence-corrected chi connectivity index (χ2v) is 7.50. The molecular weight excluding hydrogens is 403 g/mol. The Morgan fingerprint density at radius 2 is 1.83 bits per heavy atom. The molecule has 0 unspecified atom stereocenters. The summed E-state index contributed by atoms with van der Waals surface area (Å²) in [5, 5.41) is 3.23. The quantitative estimate of drug-likeness (QED) is 0.342. The summed E-state index contributed by atoms with van der Waals surface area (Å²) in [5.74, 6) is 0.271. The summed E-state index contributed by atoms with van der Waals surface area (Å²) < 4.78 is 47.1. The lowest BCUT2D eigenvalue weighted by molar-refractivity contribution is -0.136. The van der Waals surface area contributed by atoms with Gasteiger partial charge < -0.3 is 9.73 Å². The van der Waals surface area contributed by atoms with Gasteiger partial charge in [0.15, 0.2) is 16.6 Å². The Balaban J connectivity index is 1.75. The van der Waals surface area contributed by atoms with Gasteiger partial charge in [-0.3, -0.25) is 4.40 Å². The molecule has 8 heteroatoms. The second-order valence-electron chi connectivity index (χ2n) is 7.15. The summed E-state index contributed by atoms with van der Waals surface area (Å²) >= 11 is 6.36. The number of fused-ring (bicyclic) bond motifs is 1. The molecule has 0 aliphatic heterocycles. The molecule has 1 N–H and O–H groups in total. The van der Waals surface area contributed by atoms with Gasteiger partial charge in [-0.25, -0.2) is 4.98 Å². The van der Waals surface area contributed by atoms with Crippen molar-refractivity contribution in [2.75, 3.05) is 11.9 Å². The van der Waals surface area contributed by atoms with Gasteiger partial charge in [-0.15, -0.1) is 0 Å². The van der Waals surface area contributed by atoms with E-state index in [1.54, 1.807) is 12.3 Å². The number of nitrogens with zero attached hydrogens (tertiary/aromatic N) is 2. The van der Waals surface area contributed by atoms with Crippen molar-refractivity contribution in [1.82, 2.24) is 9.38 Å². The van der Waals surface area contributed by atoms with Gasteiger partial charge in [0.2, 0.25) is 0 Å². The van der Waals surface area contributed by atoms with Gasteiger partial charge in [0.05, 0.1) is 18.1 Å². The van der Waals surface area contributed by atoms with E-state index in [1.165, 1.54) is 42.6 Å². The molecule has 0 spiro atoms. The summed E-state index contributed by atoms with van der Waals surface area (Å²) in [6.07, 6.45) is 7.90. The number of halogens is 4. The highest BCUT2D eigenvalue weighted by Crippen LogP contribution is 2.38. The van der Waals surface area contributed by atoms with E-state index >= 15 is 0 Å². The van der Waals surface area contributed by atoms with E-state index in [2.05, 4.69) is 17.2 Å². The molecule has 0 radical (unpaired) electrons. The molecule has 3 aromatic heterocycles. The first-order valence-corrected chi connectivity index (χ1v) is 10.3. The van der Waals surface area contributed by atoms with Gasteiger partial charge in [-0.1, -0.05) is 57.0 Å². The number of aromatic nitrogens is 2. The molecule has 0 saturated heterocycles. The molecule has 4 nitrogen and oxygen atoms in total. The number of hydrogen-bond donors (Lipinski definition) is 1. The van der Waals surface area contributed by atoms with Crippen molar-refractivity contribution in [3.63, 3.8) is 0 Å². The number of rotatable bonds is 10. The van der Waals surface area contributed by atoms with Crippen LogP contribution in [0, 0.1) is 0 Å². The molecule has 0 bridgehead atoms. The lowest BCUT2D eigenvalue weighted by atomic mass is 10.1. The van der Waals surface area contributed by atoms with Crippen molar-refractivity contribution in [1.29, 1.82) is 0 Å². The van der Waals surface area contributed by atoms with E-state index in [1.807, 2.05) is 0 Å². The summed E-state index contributed by atoms with van der Waals surface area (Å²) in [7, 11) is 0. The standard InChI is InChI=1S/C21H25ClF3N3O/c1-2-3-4-5-6-7-8-10-26-19-18(22)28-13-16(15-9-11-29-14-15)12-17(20(28)27-19)21(23,24)25/h9,11-14,26H,2-8,10H2,1H3. The highest BCUT2D eigenvalue weighted by molar-refractivity contribution is 6.32. The van der Waals surface area contributed by atoms with Crippen molar-refractivity contribution < 1.29 is 17.6 Å². The number of imidazole rings is 1. The van der Waals surface area contributed by atoms with Crippen LogP contribution in [0.5, 0.6) is 0 Å². The minimum Gasteiger partial charge on any atom is -0.472 e. The molecule has 3 heterocycles. The second kappa shape index (κ2) is 9.57. The molecule has 0 aliphatic carbocycles. The van der Waals surface area contributed by atoms with Crippen molar-refractivity contribution in [2.24, 2.45) is 0 Å². The smallest absolute Gasteiger partial charge is 0.420 e. The van der Waals surface area contributed by atoms with Crippen molar-refractivity contribution in [3.05, 3.63) is 41.6 Å². The third kappa shape index (κ3) is 5.26. The fourth-order valence-corrected chi connectivity index (χ4v) is 3.55. The first-order chi connectivity index (χ1) is 13.9. The number of anilines is 1. The topological polar surface area (TPSA) is 42.5 Å². The molecule has 0 aromatic carbocycles. The Morgan fingerprint density at radius 1 is 1.10 bits per heavy atom. The van der Waals surface area contributed by atoms with Gasteiger partial charge in [0, 0.05) is 23.9 Å². The molecule has 0 aliphatic rings. The van der Waals surface area contributed by atoms with Gasteiger partial charge >= 0.3 is 6.18 Å². The lowest BCUT2D eigenvalue weighted by Gasteiger charge is -2.10. The Bertz CT molecular complexity index is 920. The van der Waals surface area contributed by atoms with E-state index in [9.17, 15) is 13.2 Å².